The Hall–Kier alpha value is -0.980. The van der Waals surface area contributed by atoms with Gasteiger partial charge in [-0.25, -0.2) is 12.8 Å². The maximum Gasteiger partial charge on any atom is 0.243 e. The number of aliphatic hydroxyl groups excluding tert-OH is 1. The molecule has 1 aromatic carbocycles. The summed E-state index contributed by atoms with van der Waals surface area (Å²) in [5, 5.41) is 9.26. The molecule has 6 heteroatoms. The van der Waals surface area contributed by atoms with Crippen LogP contribution in [0.25, 0.3) is 0 Å². The first-order valence-corrected chi connectivity index (χ1v) is 8.28. The second kappa shape index (κ2) is 6.20. The van der Waals surface area contributed by atoms with Gasteiger partial charge in [0.25, 0.3) is 0 Å². The van der Waals surface area contributed by atoms with E-state index in [0.717, 1.165) is 31.4 Å². The van der Waals surface area contributed by atoms with E-state index in [1.807, 2.05) is 0 Å². The molecule has 112 valence electrons. The number of aliphatic hydroxyl groups is 1. The van der Waals surface area contributed by atoms with Crippen molar-refractivity contribution in [3.63, 3.8) is 0 Å². The molecule has 0 radical (unpaired) electrons. The summed E-state index contributed by atoms with van der Waals surface area (Å²) < 4.78 is 40.0. The van der Waals surface area contributed by atoms with E-state index in [0.29, 0.717) is 19.0 Å². The van der Waals surface area contributed by atoms with Crippen LogP contribution in [0.5, 0.6) is 0 Å². The highest BCUT2D eigenvalue weighted by atomic mass is 32.2. The van der Waals surface area contributed by atoms with E-state index in [2.05, 4.69) is 6.92 Å². The molecule has 0 bridgehead atoms. The minimum absolute atomic E-state index is 0.116. The fourth-order valence-corrected chi connectivity index (χ4v) is 4.23. The van der Waals surface area contributed by atoms with E-state index in [-0.39, 0.29) is 10.5 Å². The quantitative estimate of drug-likeness (QED) is 0.930. The zero-order valence-electron chi connectivity index (χ0n) is 11.5. The van der Waals surface area contributed by atoms with E-state index in [1.165, 1.54) is 10.4 Å². The molecule has 1 aliphatic rings. The van der Waals surface area contributed by atoms with E-state index >= 15 is 0 Å². The molecule has 1 saturated heterocycles. The molecule has 1 unspecified atom stereocenters. The Bertz CT molecular complexity index is 574. The summed E-state index contributed by atoms with van der Waals surface area (Å²) >= 11 is 0. The van der Waals surface area contributed by atoms with Crippen LogP contribution in [0.1, 0.15) is 31.7 Å². The van der Waals surface area contributed by atoms with Gasteiger partial charge >= 0.3 is 0 Å². The van der Waals surface area contributed by atoms with E-state index in [1.54, 1.807) is 0 Å². The lowest BCUT2D eigenvalue weighted by atomic mass is 10.0. The van der Waals surface area contributed by atoms with Crippen molar-refractivity contribution in [3.8, 4) is 0 Å². The molecule has 1 aromatic rings. The molecular weight excluding hydrogens is 281 g/mol. The molecule has 1 heterocycles. The van der Waals surface area contributed by atoms with Crippen molar-refractivity contribution in [1.82, 2.24) is 4.31 Å². The standard InChI is InChI=1S/C14H20FNO3S/c1-11-3-2-7-16(8-6-11)20(18,19)14-9-13(15)5-4-12(14)10-17/h4-5,9,11,17H,2-3,6-8,10H2,1H3. The van der Waals surface area contributed by atoms with Crippen LogP contribution in [0.3, 0.4) is 0 Å². The van der Waals surface area contributed by atoms with Gasteiger partial charge < -0.3 is 5.11 Å². The maximum absolute atomic E-state index is 13.4. The lowest BCUT2D eigenvalue weighted by Gasteiger charge is -2.21. The third kappa shape index (κ3) is 3.19. The summed E-state index contributed by atoms with van der Waals surface area (Å²) in [6.07, 6.45) is 2.62. The minimum Gasteiger partial charge on any atom is -0.392 e. The van der Waals surface area contributed by atoms with Gasteiger partial charge in [-0.15, -0.1) is 0 Å². The lowest BCUT2D eigenvalue weighted by molar-refractivity contribution is 0.277. The fraction of sp³-hybridized carbons (Fsp3) is 0.571. The summed E-state index contributed by atoms with van der Waals surface area (Å²) in [6, 6.07) is 3.48. The summed E-state index contributed by atoms with van der Waals surface area (Å²) in [5.74, 6) is -0.107. The van der Waals surface area contributed by atoms with E-state index in [4.69, 9.17) is 0 Å². The van der Waals surface area contributed by atoms with Gasteiger partial charge in [0.05, 0.1) is 11.5 Å². The Labute approximate surface area is 119 Å². The third-order valence-corrected chi connectivity index (χ3v) is 5.77. The van der Waals surface area contributed by atoms with Gasteiger partial charge in [-0.3, -0.25) is 0 Å². The minimum atomic E-state index is -3.74. The number of benzene rings is 1. The van der Waals surface area contributed by atoms with Crippen LogP contribution in [0, 0.1) is 11.7 Å². The number of sulfonamides is 1. The molecule has 0 aromatic heterocycles. The SMILES string of the molecule is CC1CCCN(S(=O)(=O)c2cc(F)ccc2CO)CC1. The third-order valence-electron chi connectivity index (χ3n) is 3.79. The number of hydrogen-bond donors (Lipinski definition) is 1. The monoisotopic (exact) mass is 301 g/mol. The Kier molecular flexibility index (Phi) is 4.78. The molecule has 20 heavy (non-hydrogen) atoms. The van der Waals surface area contributed by atoms with Crippen LogP contribution < -0.4 is 0 Å². The molecule has 2 rings (SSSR count). The Balaban J connectivity index is 2.36. The number of hydrogen-bond acceptors (Lipinski definition) is 3. The van der Waals surface area contributed by atoms with Gasteiger partial charge in [0.15, 0.2) is 0 Å². The van der Waals surface area contributed by atoms with E-state index < -0.39 is 22.4 Å². The predicted octanol–water partition coefficient (Wildman–Crippen LogP) is 2.13. The molecular formula is C14H20FNO3S. The summed E-state index contributed by atoms with van der Waals surface area (Å²) in [5.41, 5.74) is 0.240. The van der Waals surface area contributed by atoms with Crippen LogP contribution >= 0.6 is 0 Å². The molecule has 0 spiro atoms. The zero-order valence-corrected chi connectivity index (χ0v) is 12.4. The zero-order chi connectivity index (χ0) is 14.8. The van der Waals surface area contributed by atoms with Crippen LogP contribution in [-0.2, 0) is 16.6 Å². The molecule has 1 N–H and O–H groups in total. The number of nitrogens with zero attached hydrogens (tertiary/aromatic N) is 1. The summed E-state index contributed by atoms with van der Waals surface area (Å²) in [4.78, 5) is -0.116. The number of rotatable bonds is 3. The average molecular weight is 301 g/mol. The van der Waals surface area contributed by atoms with Crippen LogP contribution in [0.4, 0.5) is 4.39 Å². The van der Waals surface area contributed by atoms with Crippen LogP contribution in [-0.4, -0.2) is 30.9 Å². The highest BCUT2D eigenvalue weighted by Crippen LogP contribution is 2.25. The fourth-order valence-electron chi connectivity index (χ4n) is 2.52. The highest BCUT2D eigenvalue weighted by Gasteiger charge is 2.28. The Morgan fingerprint density at radius 3 is 2.80 bits per heavy atom. The van der Waals surface area contributed by atoms with Crippen molar-refractivity contribution in [1.29, 1.82) is 0 Å². The Morgan fingerprint density at radius 2 is 2.10 bits per heavy atom. The summed E-state index contributed by atoms with van der Waals surface area (Å²) in [6.45, 7) is 2.59. The predicted molar refractivity (Wildman–Crippen MR) is 74.1 cm³/mol. The molecule has 0 amide bonds. The molecule has 4 nitrogen and oxygen atoms in total. The molecule has 0 saturated carbocycles. The first-order valence-electron chi connectivity index (χ1n) is 6.84. The highest BCUT2D eigenvalue weighted by molar-refractivity contribution is 7.89. The van der Waals surface area contributed by atoms with Crippen molar-refractivity contribution in [2.45, 2.75) is 37.7 Å². The van der Waals surface area contributed by atoms with Crippen LogP contribution in [0.2, 0.25) is 0 Å². The second-order valence-corrected chi connectivity index (χ2v) is 7.26. The van der Waals surface area contributed by atoms with Gasteiger partial charge in [0.2, 0.25) is 10.0 Å². The van der Waals surface area contributed by atoms with Crippen LogP contribution in [0.15, 0.2) is 23.1 Å². The molecule has 1 atom stereocenters. The lowest BCUT2D eigenvalue weighted by Crippen LogP contribution is -2.32. The van der Waals surface area contributed by atoms with Crippen molar-refractivity contribution < 1.29 is 17.9 Å². The van der Waals surface area contributed by atoms with Crippen molar-refractivity contribution >= 4 is 10.0 Å². The molecule has 0 aliphatic carbocycles. The second-order valence-electron chi connectivity index (χ2n) is 5.35. The molecule has 1 aliphatic heterocycles. The largest absolute Gasteiger partial charge is 0.392 e. The first-order chi connectivity index (χ1) is 9.45. The van der Waals surface area contributed by atoms with Crippen molar-refractivity contribution in [2.75, 3.05) is 13.1 Å². The topological polar surface area (TPSA) is 57.6 Å². The maximum atomic E-state index is 13.4. The first kappa shape index (κ1) is 15.4. The van der Waals surface area contributed by atoms with Gasteiger partial charge in [0, 0.05) is 13.1 Å². The average Bonchev–Trinajstić information content (AvgIpc) is 2.64. The van der Waals surface area contributed by atoms with Crippen molar-refractivity contribution in [2.24, 2.45) is 5.92 Å². The van der Waals surface area contributed by atoms with Gasteiger partial charge in [-0.05, 0) is 42.9 Å². The van der Waals surface area contributed by atoms with Gasteiger partial charge in [-0.1, -0.05) is 13.0 Å². The van der Waals surface area contributed by atoms with Gasteiger partial charge in [-0.2, -0.15) is 4.31 Å². The smallest absolute Gasteiger partial charge is 0.243 e. The number of halogens is 1. The van der Waals surface area contributed by atoms with E-state index in [9.17, 15) is 17.9 Å². The van der Waals surface area contributed by atoms with Gasteiger partial charge in [0.1, 0.15) is 5.82 Å². The summed E-state index contributed by atoms with van der Waals surface area (Å²) in [7, 11) is -3.74. The normalized spacial score (nSPS) is 21.6. The Morgan fingerprint density at radius 1 is 1.35 bits per heavy atom. The molecule has 1 fully saturated rings. The van der Waals surface area contributed by atoms with Crippen molar-refractivity contribution in [3.05, 3.63) is 29.6 Å².